The molecule has 5 heteroatoms. The van der Waals surface area contributed by atoms with Gasteiger partial charge in [-0.25, -0.2) is 0 Å². The number of rotatable bonds is 8. The summed E-state index contributed by atoms with van der Waals surface area (Å²) in [6, 6.07) is -0.187. The molecule has 1 aliphatic carbocycles. The molecule has 0 bridgehead atoms. The highest BCUT2D eigenvalue weighted by molar-refractivity contribution is 5.79. The standard InChI is InChI=1S/C11H20N2O3/c1-2-5-12-7-10(14)13-9(6-11(15)16)8-3-4-8/h8-9,12H,2-7H2,1H3,(H,13,14)(H,15,16). The van der Waals surface area contributed by atoms with Gasteiger partial charge in [-0.3, -0.25) is 9.59 Å². The maximum Gasteiger partial charge on any atom is 0.305 e. The van der Waals surface area contributed by atoms with E-state index in [1.807, 2.05) is 6.92 Å². The monoisotopic (exact) mass is 228 g/mol. The van der Waals surface area contributed by atoms with Crippen LogP contribution in [0.1, 0.15) is 32.6 Å². The minimum atomic E-state index is -0.848. The predicted octanol–water partition coefficient (Wildman–Crippen LogP) is 0.355. The molecule has 0 spiro atoms. The fraction of sp³-hybridized carbons (Fsp3) is 0.818. The Labute approximate surface area is 95.6 Å². The van der Waals surface area contributed by atoms with Crippen molar-refractivity contribution >= 4 is 11.9 Å². The van der Waals surface area contributed by atoms with Crippen LogP contribution in [0.3, 0.4) is 0 Å². The number of nitrogens with one attached hydrogen (secondary N) is 2. The smallest absolute Gasteiger partial charge is 0.305 e. The Bertz CT molecular complexity index is 252. The molecule has 0 aromatic carbocycles. The largest absolute Gasteiger partial charge is 0.481 e. The van der Waals surface area contributed by atoms with E-state index in [4.69, 9.17) is 5.11 Å². The third-order valence-electron chi connectivity index (χ3n) is 2.64. The van der Waals surface area contributed by atoms with Crippen molar-refractivity contribution in [3.63, 3.8) is 0 Å². The normalized spacial score (nSPS) is 16.8. The molecule has 3 N–H and O–H groups in total. The van der Waals surface area contributed by atoms with Crippen molar-refractivity contribution in [3.8, 4) is 0 Å². The number of carbonyl (C=O) groups is 2. The number of carboxylic acid groups (broad SMARTS) is 1. The summed E-state index contributed by atoms with van der Waals surface area (Å²) >= 11 is 0. The van der Waals surface area contributed by atoms with Crippen LogP contribution in [-0.2, 0) is 9.59 Å². The molecular formula is C11H20N2O3. The van der Waals surface area contributed by atoms with Gasteiger partial charge in [0.2, 0.25) is 5.91 Å². The number of amides is 1. The van der Waals surface area contributed by atoms with Gasteiger partial charge in [-0.05, 0) is 31.7 Å². The van der Waals surface area contributed by atoms with Gasteiger partial charge in [0.1, 0.15) is 0 Å². The lowest BCUT2D eigenvalue weighted by atomic mass is 10.1. The number of hydrogen-bond donors (Lipinski definition) is 3. The van der Waals surface area contributed by atoms with Crippen molar-refractivity contribution in [3.05, 3.63) is 0 Å². The molecule has 0 aromatic heterocycles. The van der Waals surface area contributed by atoms with E-state index in [-0.39, 0.29) is 24.9 Å². The molecule has 5 nitrogen and oxygen atoms in total. The number of carbonyl (C=O) groups excluding carboxylic acids is 1. The van der Waals surface area contributed by atoms with Crippen LogP contribution < -0.4 is 10.6 Å². The van der Waals surface area contributed by atoms with Crippen LogP contribution in [0, 0.1) is 5.92 Å². The number of aliphatic carboxylic acids is 1. The van der Waals surface area contributed by atoms with Gasteiger partial charge < -0.3 is 15.7 Å². The van der Waals surface area contributed by atoms with Gasteiger partial charge >= 0.3 is 5.97 Å². The second-order valence-corrected chi connectivity index (χ2v) is 4.29. The van der Waals surface area contributed by atoms with Gasteiger partial charge in [0.15, 0.2) is 0 Å². The first-order valence-corrected chi connectivity index (χ1v) is 5.85. The molecule has 1 atom stereocenters. The van der Waals surface area contributed by atoms with E-state index in [9.17, 15) is 9.59 Å². The van der Waals surface area contributed by atoms with E-state index in [0.29, 0.717) is 5.92 Å². The number of hydrogen-bond acceptors (Lipinski definition) is 3. The van der Waals surface area contributed by atoms with Gasteiger partial charge in [0.25, 0.3) is 0 Å². The zero-order chi connectivity index (χ0) is 12.0. The molecule has 0 aliphatic heterocycles. The predicted molar refractivity (Wildman–Crippen MR) is 60.1 cm³/mol. The number of carboxylic acids is 1. The van der Waals surface area contributed by atoms with Crippen LogP contribution in [0.5, 0.6) is 0 Å². The van der Waals surface area contributed by atoms with Crippen LogP contribution >= 0.6 is 0 Å². The average molecular weight is 228 g/mol. The third-order valence-corrected chi connectivity index (χ3v) is 2.64. The van der Waals surface area contributed by atoms with Crippen LogP contribution in [0.4, 0.5) is 0 Å². The third kappa shape index (κ3) is 5.11. The quantitative estimate of drug-likeness (QED) is 0.524. The highest BCUT2D eigenvalue weighted by atomic mass is 16.4. The Morgan fingerprint density at radius 1 is 1.44 bits per heavy atom. The first-order chi connectivity index (χ1) is 7.63. The maximum absolute atomic E-state index is 11.5. The van der Waals surface area contributed by atoms with Crippen LogP contribution in [0.25, 0.3) is 0 Å². The molecule has 0 saturated heterocycles. The van der Waals surface area contributed by atoms with E-state index in [1.54, 1.807) is 0 Å². The molecule has 1 aliphatic rings. The Hall–Kier alpha value is -1.10. The zero-order valence-electron chi connectivity index (χ0n) is 9.66. The van der Waals surface area contributed by atoms with E-state index >= 15 is 0 Å². The molecule has 1 saturated carbocycles. The lowest BCUT2D eigenvalue weighted by molar-refractivity contribution is -0.137. The fourth-order valence-corrected chi connectivity index (χ4v) is 1.66. The first kappa shape index (κ1) is 13.0. The summed E-state index contributed by atoms with van der Waals surface area (Å²) in [6.45, 7) is 3.11. The molecule has 16 heavy (non-hydrogen) atoms. The van der Waals surface area contributed by atoms with Crippen molar-refractivity contribution in [1.82, 2.24) is 10.6 Å². The molecule has 92 valence electrons. The Balaban J connectivity index is 2.24. The summed E-state index contributed by atoms with van der Waals surface area (Å²) in [5, 5.41) is 14.5. The molecule has 1 rings (SSSR count). The molecular weight excluding hydrogens is 208 g/mol. The van der Waals surface area contributed by atoms with Crippen LogP contribution in [0.2, 0.25) is 0 Å². The van der Waals surface area contributed by atoms with Gasteiger partial charge in [-0.2, -0.15) is 0 Å². The summed E-state index contributed by atoms with van der Waals surface area (Å²) in [4.78, 5) is 22.1. The van der Waals surface area contributed by atoms with Crippen molar-refractivity contribution < 1.29 is 14.7 Å². The van der Waals surface area contributed by atoms with E-state index < -0.39 is 5.97 Å². The molecule has 0 aromatic rings. The van der Waals surface area contributed by atoms with Gasteiger partial charge in [0, 0.05) is 6.04 Å². The lowest BCUT2D eigenvalue weighted by Gasteiger charge is -2.16. The molecule has 0 radical (unpaired) electrons. The van der Waals surface area contributed by atoms with E-state index in [1.165, 1.54) is 0 Å². The SMILES string of the molecule is CCCNCC(=O)NC(CC(=O)O)C1CC1. The second-order valence-electron chi connectivity index (χ2n) is 4.29. The summed E-state index contributed by atoms with van der Waals surface area (Å²) in [7, 11) is 0. The van der Waals surface area contributed by atoms with Gasteiger partial charge in [0.05, 0.1) is 13.0 Å². The minimum Gasteiger partial charge on any atom is -0.481 e. The maximum atomic E-state index is 11.5. The Morgan fingerprint density at radius 2 is 2.12 bits per heavy atom. The highest BCUT2D eigenvalue weighted by Gasteiger charge is 2.33. The highest BCUT2D eigenvalue weighted by Crippen LogP contribution is 2.33. The molecule has 1 fully saturated rings. The van der Waals surface area contributed by atoms with Crippen molar-refractivity contribution in [1.29, 1.82) is 0 Å². The summed E-state index contributed by atoms with van der Waals surface area (Å²) in [5.74, 6) is -0.587. The van der Waals surface area contributed by atoms with Crippen molar-refractivity contribution in [2.45, 2.75) is 38.6 Å². The molecule has 1 unspecified atom stereocenters. The van der Waals surface area contributed by atoms with E-state index in [2.05, 4.69) is 10.6 Å². The first-order valence-electron chi connectivity index (χ1n) is 5.85. The Kier molecular flexibility index (Phi) is 5.25. The lowest BCUT2D eigenvalue weighted by Crippen LogP contribution is -2.42. The molecule has 1 amide bonds. The Morgan fingerprint density at radius 3 is 2.62 bits per heavy atom. The molecule has 0 heterocycles. The summed E-state index contributed by atoms with van der Waals surface area (Å²) < 4.78 is 0. The summed E-state index contributed by atoms with van der Waals surface area (Å²) in [5.41, 5.74) is 0. The second kappa shape index (κ2) is 6.48. The average Bonchev–Trinajstić information content (AvgIpc) is 2.99. The zero-order valence-corrected chi connectivity index (χ0v) is 9.66. The van der Waals surface area contributed by atoms with Crippen LogP contribution in [0.15, 0.2) is 0 Å². The fourth-order valence-electron chi connectivity index (χ4n) is 1.66. The van der Waals surface area contributed by atoms with Gasteiger partial charge in [-0.1, -0.05) is 6.92 Å². The summed E-state index contributed by atoms with van der Waals surface area (Å²) in [6.07, 6.45) is 3.07. The minimum absolute atomic E-state index is 0.0319. The topological polar surface area (TPSA) is 78.4 Å². The van der Waals surface area contributed by atoms with Gasteiger partial charge in [-0.15, -0.1) is 0 Å². The van der Waals surface area contributed by atoms with Crippen LogP contribution in [-0.4, -0.2) is 36.1 Å². The van der Waals surface area contributed by atoms with E-state index in [0.717, 1.165) is 25.8 Å². The van der Waals surface area contributed by atoms with Crippen molar-refractivity contribution in [2.75, 3.05) is 13.1 Å². The van der Waals surface area contributed by atoms with Crippen molar-refractivity contribution in [2.24, 2.45) is 5.92 Å².